The highest BCUT2D eigenvalue weighted by Gasteiger charge is 2.35. The SMILES string of the molecule is CN1C(=O)N(c2ccc(CCC(=O)O)cc2)CC1CCC1CCNCC1. The molecule has 0 spiro atoms. The van der Waals surface area contributed by atoms with Crippen LogP contribution in [0.15, 0.2) is 24.3 Å². The molecule has 1 aromatic carbocycles. The highest BCUT2D eigenvalue weighted by atomic mass is 16.4. The van der Waals surface area contributed by atoms with Gasteiger partial charge in [0.25, 0.3) is 0 Å². The predicted molar refractivity (Wildman–Crippen MR) is 102 cm³/mol. The average molecular weight is 359 g/mol. The summed E-state index contributed by atoms with van der Waals surface area (Å²) in [7, 11) is 1.90. The van der Waals surface area contributed by atoms with Gasteiger partial charge in [0, 0.05) is 25.7 Å². The van der Waals surface area contributed by atoms with Gasteiger partial charge in [-0.25, -0.2) is 4.79 Å². The molecule has 2 saturated heterocycles. The summed E-state index contributed by atoms with van der Waals surface area (Å²) >= 11 is 0. The van der Waals surface area contributed by atoms with Gasteiger partial charge in [-0.2, -0.15) is 0 Å². The number of rotatable bonds is 7. The Morgan fingerprint density at radius 2 is 1.88 bits per heavy atom. The normalized spacial score (nSPS) is 21.4. The fraction of sp³-hybridized carbons (Fsp3) is 0.600. The molecule has 6 heteroatoms. The lowest BCUT2D eigenvalue weighted by atomic mass is 9.91. The van der Waals surface area contributed by atoms with Crippen LogP contribution in [0.4, 0.5) is 10.5 Å². The van der Waals surface area contributed by atoms with E-state index >= 15 is 0 Å². The van der Waals surface area contributed by atoms with Crippen LogP contribution in [0.3, 0.4) is 0 Å². The largest absolute Gasteiger partial charge is 0.481 e. The van der Waals surface area contributed by atoms with Gasteiger partial charge in [0.2, 0.25) is 0 Å². The summed E-state index contributed by atoms with van der Waals surface area (Å²) in [4.78, 5) is 27.0. The summed E-state index contributed by atoms with van der Waals surface area (Å²) in [6, 6.07) is 8.03. The maximum Gasteiger partial charge on any atom is 0.324 e. The van der Waals surface area contributed by atoms with Crippen molar-refractivity contribution >= 4 is 17.7 Å². The van der Waals surface area contributed by atoms with Crippen LogP contribution in [0.2, 0.25) is 0 Å². The first-order chi connectivity index (χ1) is 12.5. The van der Waals surface area contributed by atoms with Crippen LogP contribution in [0.5, 0.6) is 0 Å². The van der Waals surface area contributed by atoms with Crippen LogP contribution >= 0.6 is 0 Å². The molecule has 3 rings (SSSR count). The molecule has 0 radical (unpaired) electrons. The van der Waals surface area contributed by atoms with E-state index < -0.39 is 5.97 Å². The third-order valence-electron chi connectivity index (χ3n) is 5.72. The van der Waals surface area contributed by atoms with Crippen molar-refractivity contribution in [1.29, 1.82) is 0 Å². The standard InChI is InChI=1S/C20H29N3O3/c1-22-18(8-4-16-10-12-21-13-11-16)14-23(20(22)26)17-6-2-15(3-7-17)5-9-19(24)25/h2-3,6-7,16,18,21H,4-5,8-14H2,1H3,(H,24,25). The number of benzene rings is 1. The van der Waals surface area contributed by atoms with Gasteiger partial charge in [-0.15, -0.1) is 0 Å². The van der Waals surface area contributed by atoms with Crippen molar-refractivity contribution in [3.63, 3.8) is 0 Å². The summed E-state index contributed by atoms with van der Waals surface area (Å²) in [6.45, 7) is 2.96. The van der Waals surface area contributed by atoms with Gasteiger partial charge >= 0.3 is 12.0 Å². The second-order valence-electron chi connectivity index (χ2n) is 7.49. The molecule has 2 heterocycles. The molecule has 0 aliphatic carbocycles. The second-order valence-corrected chi connectivity index (χ2v) is 7.49. The van der Waals surface area contributed by atoms with E-state index in [2.05, 4.69) is 5.32 Å². The van der Waals surface area contributed by atoms with E-state index in [4.69, 9.17) is 5.11 Å². The van der Waals surface area contributed by atoms with Crippen molar-refractivity contribution in [2.24, 2.45) is 5.92 Å². The first kappa shape index (κ1) is 18.7. The molecule has 2 fully saturated rings. The smallest absolute Gasteiger partial charge is 0.324 e. The summed E-state index contributed by atoms with van der Waals surface area (Å²) < 4.78 is 0. The molecule has 2 N–H and O–H groups in total. The Hall–Kier alpha value is -2.08. The van der Waals surface area contributed by atoms with Gasteiger partial charge < -0.3 is 15.3 Å². The first-order valence-corrected chi connectivity index (χ1v) is 9.60. The number of anilines is 1. The van der Waals surface area contributed by atoms with E-state index in [9.17, 15) is 9.59 Å². The minimum atomic E-state index is -0.790. The van der Waals surface area contributed by atoms with Crippen LogP contribution in [0, 0.1) is 5.92 Å². The van der Waals surface area contributed by atoms with Gasteiger partial charge in [-0.3, -0.25) is 9.69 Å². The Balaban J connectivity index is 1.56. The van der Waals surface area contributed by atoms with Crippen LogP contribution < -0.4 is 10.2 Å². The molecule has 0 saturated carbocycles. The van der Waals surface area contributed by atoms with Crippen LogP contribution in [0.25, 0.3) is 0 Å². The monoisotopic (exact) mass is 359 g/mol. The molecule has 26 heavy (non-hydrogen) atoms. The molecule has 1 unspecified atom stereocenters. The molecule has 142 valence electrons. The fourth-order valence-electron chi connectivity index (χ4n) is 3.95. The number of hydrogen-bond donors (Lipinski definition) is 2. The van der Waals surface area contributed by atoms with Crippen molar-refractivity contribution in [3.05, 3.63) is 29.8 Å². The Labute approximate surface area is 155 Å². The van der Waals surface area contributed by atoms with Gasteiger partial charge in [0.1, 0.15) is 0 Å². The molecule has 2 amide bonds. The number of piperidine rings is 1. The number of nitrogens with one attached hydrogen (secondary N) is 1. The van der Waals surface area contributed by atoms with Gasteiger partial charge in [0.05, 0.1) is 6.04 Å². The Morgan fingerprint density at radius 1 is 1.19 bits per heavy atom. The third-order valence-corrected chi connectivity index (χ3v) is 5.72. The van der Waals surface area contributed by atoms with Crippen LogP contribution in [0.1, 0.15) is 37.7 Å². The molecule has 1 aromatic rings. The lowest BCUT2D eigenvalue weighted by Crippen LogP contribution is -2.32. The summed E-state index contributed by atoms with van der Waals surface area (Å²) in [5, 5.41) is 12.2. The van der Waals surface area contributed by atoms with Gasteiger partial charge in [-0.05, 0) is 68.8 Å². The van der Waals surface area contributed by atoms with Crippen LogP contribution in [-0.2, 0) is 11.2 Å². The first-order valence-electron chi connectivity index (χ1n) is 9.60. The number of urea groups is 1. The topological polar surface area (TPSA) is 72.9 Å². The number of amides is 2. The van der Waals surface area contributed by atoms with Crippen molar-refractivity contribution in [2.75, 3.05) is 31.6 Å². The van der Waals surface area contributed by atoms with E-state index in [0.29, 0.717) is 6.42 Å². The number of carbonyl (C=O) groups excluding carboxylic acids is 1. The molecule has 1 atom stereocenters. The molecule has 0 aromatic heterocycles. The van der Waals surface area contributed by atoms with Crippen molar-refractivity contribution in [2.45, 2.75) is 44.6 Å². The maximum atomic E-state index is 12.6. The van der Waals surface area contributed by atoms with Crippen LogP contribution in [-0.4, -0.2) is 54.7 Å². The van der Waals surface area contributed by atoms with Crippen molar-refractivity contribution in [1.82, 2.24) is 10.2 Å². The fourth-order valence-corrected chi connectivity index (χ4v) is 3.95. The number of aliphatic carboxylic acids is 1. The number of likely N-dealkylation sites (N-methyl/N-ethyl adjacent to an activating group) is 1. The quantitative estimate of drug-likeness (QED) is 0.785. The molecule has 6 nitrogen and oxygen atoms in total. The Kier molecular flexibility index (Phi) is 6.14. The molecule has 2 aliphatic heterocycles. The minimum Gasteiger partial charge on any atom is -0.481 e. The van der Waals surface area contributed by atoms with E-state index in [1.807, 2.05) is 41.1 Å². The zero-order chi connectivity index (χ0) is 18.5. The van der Waals surface area contributed by atoms with Gasteiger partial charge in [-0.1, -0.05) is 12.1 Å². The number of carboxylic acid groups (broad SMARTS) is 1. The number of carboxylic acids is 1. The summed E-state index contributed by atoms with van der Waals surface area (Å²) in [5.74, 6) is -0.00988. The lowest BCUT2D eigenvalue weighted by molar-refractivity contribution is -0.136. The van der Waals surface area contributed by atoms with Gasteiger partial charge in [0.15, 0.2) is 0 Å². The molecule has 2 aliphatic rings. The number of hydrogen-bond acceptors (Lipinski definition) is 3. The predicted octanol–water partition coefficient (Wildman–Crippen LogP) is 2.72. The summed E-state index contributed by atoms with van der Waals surface area (Å²) in [6.07, 6.45) is 5.37. The minimum absolute atomic E-state index is 0.0543. The zero-order valence-electron chi connectivity index (χ0n) is 15.5. The van der Waals surface area contributed by atoms with Crippen molar-refractivity contribution in [3.8, 4) is 0 Å². The van der Waals surface area contributed by atoms with E-state index in [1.54, 1.807) is 0 Å². The summed E-state index contributed by atoms with van der Waals surface area (Å²) in [5.41, 5.74) is 1.88. The molecule has 0 bridgehead atoms. The molecular weight excluding hydrogens is 330 g/mol. The van der Waals surface area contributed by atoms with E-state index in [0.717, 1.165) is 43.2 Å². The highest BCUT2D eigenvalue weighted by molar-refractivity contribution is 5.94. The Bertz CT molecular complexity index is 626. The number of carbonyl (C=O) groups is 2. The number of nitrogens with zero attached hydrogens (tertiary/aromatic N) is 2. The second kappa shape index (κ2) is 8.54. The highest BCUT2D eigenvalue weighted by Crippen LogP contribution is 2.28. The van der Waals surface area contributed by atoms with Crippen molar-refractivity contribution < 1.29 is 14.7 Å². The van der Waals surface area contributed by atoms with E-state index in [-0.39, 0.29) is 18.5 Å². The Morgan fingerprint density at radius 3 is 2.54 bits per heavy atom. The van der Waals surface area contributed by atoms with E-state index in [1.165, 1.54) is 19.3 Å². The lowest BCUT2D eigenvalue weighted by Gasteiger charge is -2.25. The average Bonchev–Trinajstić information content (AvgIpc) is 2.94. The zero-order valence-corrected chi connectivity index (χ0v) is 15.5. The third kappa shape index (κ3) is 4.55. The molecular formula is C20H29N3O3. The maximum absolute atomic E-state index is 12.6. The number of aryl methyl sites for hydroxylation is 1.